The standard InChI is InChI=1S/C18H24N4O2S2/c1-2-10-22-16-15(26-18(22)25)17(24)21(12-19-16)11-14(23)20-13-8-6-4-3-5-7-9-13/h2,12-13H,1,3-11H2,(H,20,23). The smallest absolute Gasteiger partial charge is 0.273 e. The highest BCUT2D eigenvalue weighted by Crippen LogP contribution is 2.18. The molecule has 1 N–H and O–H groups in total. The fourth-order valence-electron chi connectivity index (χ4n) is 3.40. The molecule has 1 aliphatic carbocycles. The van der Waals surface area contributed by atoms with Gasteiger partial charge in [-0.3, -0.25) is 14.2 Å². The van der Waals surface area contributed by atoms with Crippen LogP contribution in [0.2, 0.25) is 0 Å². The summed E-state index contributed by atoms with van der Waals surface area (Å²) in [5.74, 6) is -0.132. The summed E-state index contributed by atoms with van der Waals surface area (Å²) in [5.41, 5.74) is 0.336. The van der Waals surface area contributed by atoms with Crippen molar-refractivity contribution in [1.82, 2.24) is 19.4 Å². The van der Waals surface area contributed by atoms with Gasteiger partial charge in [-0.2, -0.15) is 0 Å². The lowest BCUT2D eigenvalue weighted by Crippen LogP contribution is -2.39. The monoisotopic (exact) mass is 392 g/mol. The number of carbonyl (C=O) groups excluding carboxylic acids is 1. The maximum absolute atomic E-state index is 12.7. The molecule has 0 aliphatic heterocycles. The van der Waals surface area contributed by atoms with Gasteiger partial charge in [0, 0.05) is 12.6 Å². The molecular formula is C18H24N4O2S2. The topological polar surface area (TPSA) is 68.9 Å². The first-order chi connectivity index (χ1) is 12.6. The molecule has 26 heavy (non-hydrogen) atoms. The second-order valence-electron chi connectivity index (χ2n) is 6.71. The Morgan fingerprint density at radius 2 is 2.04 bits per heavy atom. The molecule has 1 fully saturated rings. The lowest BCUT2D eigenvalue weighted by atomic mass is 9.97. The molecule has 1 saturated carbocycles. The van der Waals surface area contributed by atoms with Gasteiger partial charge in [-0.25, -0.2) is 4.98 Å². The minimum atomic E-state index is -0.221. The molecule has 1 aliphatic rings. The van der Waals surface area contributed by atoms with Gasteiger partial charge in [-0.1, -0.05) is 49.5 Å². The third-order valence-corrected chi connectivity index (χ3v) is 6.17. The number of nitrogens with zero attached hydrogens (tertiary/aromatic N) is 3. The third kappa shape index (κ3) is 4.29. The molecule has 0 spiro atoms. The normalized spacial score (nSPS) is 16.2. The molecule has 3 rings (SSSR count). The number of hydrogen-bond acceptors (Lipinski definition) is 5. The van der Waals surface area contributed by atoms with E-state index in [4.69, 9.17) is 12.2 Å². The molecule has 0 aromatic carbocycles. The van der Waals surface area contributed by atoms with Crippen LogP contribution in [0, 0.1) is 3.95 Å². The number of nitrogens with one attached hydrogen (secondary N) is 1. The molecule has 2 heterocycles. The Hall–Kier alpha value is -1.80. The lowest BCUT2D eigenvalue weighted by molar-refractivity contribution is -0.122. The van der Waals surface area contributed by atoms with E-state index in [9.17, 15) is 9.59 Å². The average molecular weight is 393 g/mol. The average Bonchev–Trinajstić information content (AvgIpc) is 2.90. The van der Waals surface area contributed by atoms with Gasteiger partial charge in [0.1, 0.15) is 17.6 Å². The van der Waals surface area contributed by atoms with E-state index in [1.165, 1.54) is 41.5 Å². The molecule has 0 unspecified atom stereocenters. The van der Waals surface area contributed by atoms with E-state index in [0.717, 1.165) is 25.7 Å². The van der Waals surface area contributed by atoms with Crippen LogP contribution in [0.1, 0.15) is 44.9 Å². The largest absolute Gasteiger partial charge is 0.352 e. The van der Waals surface area contributed by atoms with Crippen molar-refractivity contribution < 1.29 is 4.79 Å². The van der Waals surface area contributed by atoms with E-state index in [1.807, 2.05) is 0 Å². The fraction of sp³-hybridized carbons (Fsp3) is 0.556. The van der Waals surface area contributed by atoms with E-state index >= 15 is 0 Å². The third-order valence-electron chi connectivity index (χ3n) is 4.74. The van der Waals surface area contributed by atoms with Crippen molar-refractivity contribution in [2.75, 3.05) is 0 Å². The van der Waals surface area contributed by atoms with Crippen LogP contribution < -0.4 is 10.9 Å². The van der Waals surface area contributed by atoms with E-state index in [-0.39, 0.29) is 24.1 Å². The summed E-state index contributed by atoms with van der Waals surface area (Å²) in [5, 5.41) is 3.09. The molecule has 0 saturated heterocycles. The highest BCUT2D eigenvalue weighted by Gasteiger charge is 2.16. The maximum Gasteiger partial charge on any atom is 0.273 e. The van der Waals surface area contributed by atoms with Gasteiger partial charge < -0.3 is 9.88 Å². The number of aromatic nitrogens is 3. The number of allylic oxidation sites excluding steroid dienone is 1. The van der Waals surface area contributed by atoms with E-state index in [1.54, 1.807) is 10.6 Å². The van der Waals surface area contributed by atoms with Crippen LogP contribution in [-0.2, 0) is 17.9 Å². The van der Waals surface area contributed by atoms with Crippen LogP contribution in [0.25, 0.3) is 10.3 Å². The summed E-state index contributed by atoms with van der Waals surface area (Å²) in [6, 6.07) is 0.214. The van der Waals surface area contributed by atoms with Crippen LogP contribution in [0.15, 0.2) is 23.8 Å². The first-order valence-corrected chi connectivity index (χ1v) is 10.3. The first kappa shape index (κ1) is 19.0. The number of hydrogen-bond donors (Lipinski definition) is 1. The molecule has 1 amide bonds. The van der Waals surface area contributed by atoms with Crippen molar-refractivity contribution >= 4 is 39.8 Å². The molecule has 6 nitrogen and oxygen atoms in total. The maximum atomic E-state index is 12.7. The number of thiazole rings is 1. The SMILES string of the molecule is C=CCn1c(=S)sc2c(=O)n(CC(=O)NC3CCCCCCC3)cnc21. The molecule has 0 bridgehead atoms. The summed E-state index contributed by atoms with van der Waals surface area (Å²) in [4.78, 5) is 29.5. The van der Waals surface area contributed by atoms with Crippen LogP contribution in [0.4, 0.5) is 0 Å². The molecular weight excluding hydrogens is 368 g/mol. The molecule has 0 radical (unpaired) electrons. The summed E-state index contributed by atoms with van der Waals surface area (Å²) in [7, 11) is 0. The number of fused-ring (bicyclic) bond motifs is 1. The van der Waals surface area contributed by atoms with Gasteiger partial charge in [0.05, 0.1) is 0 Å². The van der Waals surface area contributed by atoms with Crippen molar-refractivity contribution in [3.05, 3.63) is 33.3 Å². The predicted molar refractivity (Wildman–Crippen MR) is 107 cm³/mol. The Morgan fingerprint density at radius 3 is 2.73 bits per heavy atom. The van der Waals surface area contributed by atoms with Gasteiger partial charge in [-0.15, -0.1) is 6.58 Å². The molecule has 2 aromatic heterocycles. The second-order valence-corrected chi connectivity index (χ2v) is 8.35. The van der Waals surface area contributed by atoms with Crippen LogP contribution in [0.5, 0.6) is 0 Å². The summed E-state index contributed by atoms with van der Waals surface area (Å²) in [6.45, 7) is 4.21. The summed E-state index contributed by atoms with van der Waals surface area (Å²) >= 11 is 6.54. The number of rotatable bonds is 5. The van der Waals surface area contributed by atoms with Gasteiger partial charge in [-0.05, 0) is 25.1 Å². The predicted octanol–water partition coefficient (Wildman–Crippen LogP) is 3.40. The Bertz CT molecular complexity index is 904. The number of carbonyl (C=O) groups is 1. The van der Waals surface area contributed by atoms with E-state index in [2.05, 4.69) is 16.9 Å². The zero-order chi connectivity index (χ0) is 18.5. The Morgan fingerprint density at radius 1 is 1.35 bits per heavy atom. The highest BCUT2D eigenvalue weighted by atomic mass is 32.1. The number of amides is 1. The van der Waals surface area contributed by atoms with Gasteiger partial charge >= 0.3 is 0 Å². The van der Waals surface area contributed by atoms with Crippen LogP contribution in [-0.4, -0.2) is 26.1 Å². The molecule has 0 atom stereocenters. The van der Waals surface area contributed by atoms with Gasteiger partial charge in [0.2, 0.25) is 5.91 Å². The quantitative estimate of drug-likeness (QED) is 0.625. The summed E-state index contributed by atoms with van der Waals surface area (Å²) in [6.07, 6.45) is 11.3. The van der Waals surface area contributed by atoms with Gasteiger partial charge in [0.25, 0.3) is 5.56 Å². The van der Waals surface area contributed by atoms with Crippen molar-refractivity contribution in [2.45, 2.75) is 64.1 Å². The van der Waals surface area contributed by atoms with Crippen LogP contribution >= 0.6 is 23.6 Å². The Kier molecular flexibility index (Phi) is 6.37. The van der Waals surface area contributed by atoms with Crippen molar-refractivity contribution in [3.63, 3.8) is 0 Å². The van der Waals surface area contributed by atoms with Crippen molar-refractivity contribution in [3.8, 4) is 0 Å². The molecule has 8 heteroatoms. The lowest BCUT2D eigenvalue weighted by Gasteiger charge is -2.21. The minimum absolute atomic E-state index is 0.00953. The Labute approximate surface area is 161 Å². The van der Waals surface area contributed by atoms with E-state index in [0.29, 0.717) is 20.8 Å². The van der Waals surface area contributed by atoms with E-state index < -0.39 is 0 Å². The zero-order valence-electron chi connectivity index (χ0n) is 14.8. The van der Waals surface area contributed by atoms with Crippen LogP contribution in [0.3, 0.4) is 0 Å². The van der Waals surface area contributed by atoms with Crippen molar-refractivity contribution in [1.29, 1.82) is 0 Å². The first-order valence-electron chi connectivity index (χ1n) is 9.09. The fourth-order valence-corrected chi connectivity index (χ4v) is 4.72. The zero-order valence-corrected chi connectivity index (χ0v) is 16.4. The highest BCUT2D eigenvalue weighted by molar-refractivity contribution is 7.73. The van der Waals surface area contributed by atoms with Crippen molar-refractivity contribution in [2.24, 2.45) is 0 Å². The molecule has 140 valence electrons. The van der Waals surface area contributed by atoms with Gasteiger partial charge in [0.15, 0.2) is 9.60 Å². The molecule has 2 aromatic rings. The Balaban J connectivity index is 1.75. The second kappa shape index (κ2) is 8.73. The minimum Gasteiger partial charge on any atom is -0.352 e. The summed E-state index contributed by atoms with van der Waals surface area (Å²) < 4.78 is 4.21.